The van der Waals surface area contributed by atoms with Crippen LogP contribution in [0.3, 0.4) is 0 Å². The summed E-state index contributed by atoms with van der Waals surface area (Å²) in [5.41, 5.74) is 0.365. The predicted molar refractivity (Wildman–Crippen MR) is 71.5 cm³/mol. The number of hydrogen-bond donors (Lipinski definition) is 0. The van der Waals surface area contributed by atoms with Gasteiger partial charge >= 0.3 is 0 Å². The van der Waals surface area contributed by atoms with Crippen molar-refractivity contribution in [3.8, 4) is 0 Å². The molecule has 0 saturated carbocycles. The molecule has 5 heteroatoms. The number of Topliss-reactive ketones (excluding diaryl/α,β-unsaturated/α-hetero) is 1. The molecule has 0 aliphatic carbocycles. The third-order valence-electron chi connectivity index (χ3n) is 2.21. The highest BCUT2D eigenvalue weighted by Gasteiger charge is 2.12. The van der Waals surface area contributed by atoms with E-state index in [1.807, 2.05) is 5.38 Å². The maximum atomic E-state index is 13.5. The second-order valence-electron chi connectivity index (χ2n) is 3.46. The molecule has 1 heterocycles. The Bertz CT molecular complexity index is 567. The van der Waals surface area contributed by atoms with Gasteiger partial charge in [-0.25, -0.2) is 4.39 Å². The van der Waals surface area contributed by atoms with Gasteiger partial charge in [-0.05, 0) is 39.7 Å². The fourth-order valence-corrected chi connectivity index (χ4v) is 2.91. The average Bonchev–Trinajstić information content (AvgIpc) is 2.69. The van der Waals surface area contributed by atoms with Crippen LogP contribution in [0.4, 0.5) is 4.39 Å². The van der Waals surface area contributed by atoms with Crippen molar-refractivity contribution in [2.75, 3.05) is 0 Å². The van der Waals surface area contributed by atoms with Crippen molar-refractivity contribution in [1.82, 2.24) is 0 Å². The smallest absolute Gasteiger partial charge is 0.177 e. The number of benzene rings is 1. The van der Waals surface area contributed by atoms with Gasteiger partial charge in [0.05, 0.1) is 4.88 Å². The Kier molecular flexibility index (Phi) is 3.97. The average molecular weight is 334 g/mol. The maximum Gasteiger partial charge on any atom is 0.177 e. The summed E-state index contributed by atoms with van der Waals surface area (Å²) in [6.45, 7) is 0. The van der Waals surface area contributed by atoms with E-state index in [0.717, 1.165) is 4.47 Å². The van der Waals surface area contributed by atoms with Gasteiger partial charge in [0.1, 0.15) is 5.82 Å². The summed E-state index contributed by atoms with van der Waals surface area (Å²) in [6, 6.07) is 6.07. The summed E-state index contributed by atoms with van der Waals surface area (Å²) >= 11 is 10.3. The molecule has 0 spiro atoms. The van der Waals surface area contributed by atoms with Gasteiger partial charge in [-0.2, -0.15) is 0 Å². The first kappa shape index (κ1) is 12.7. The highest BCUT2D eigenvalue weighted by molar-refractivity contribution is 9.10. The van der Waals surface area contributed by atoms with Crippen molar-refractivity contribution in [3.05, 3.63) is 55.4 Å². The molecule has 0 unspecified atom stereocenters. The zero-order valence-corrected chi connectivity index (χ0v) is 11.7. The molecular weight excluding hydrogens is 327 g/mol. The first-order valence-corrected chi connectivity index (χ1v) is 6.82. The molecule has 0 fully saturated rings. The molecule has 1 aromatic carbocycles. The van der Waals surface area contributed by atoms with Crippen molar-refractivity contribution in [2.24, 2.45) is 0 Å². The third-order valence-corrected chi connectivity index (χ3v) is 4.18. The number of hydrogen-bond acceptors (Lipinski definition) is 2. The molecule has 0 bridgehead atoms. The van der Waals surface area contributed by atoms with Gasteiger partial charge in [-0.1, -0.05) is 17.7 Å². The number of carbonyl (C=O) groups is 1. The Hall–Kier alpha value is -0.710. The minimum absolute atomic E-state index is 0.0515. The number of thiophene rings is 1. The molecule has 1 nitrogen and oxygen atoms in total. The van der Waals surface area contributed by atoms with Crippen LogP contribution in [0.2, 0.25) is 5.02 Å². The van der Waals surface area contributed by atoms with E-state index in [2.05, 4.69) is 15.9 Å². The lowest BCUT2D eigenvalue weighted by atomic mass is 10.1. The summed E-state index contributed by atoms with van der Waals surface area (Å²) < 4.78 is 14.4. The molecule has 0 atom stereocenters. The summed E-state index contributed by atoms with van der Waals surface area (Å²) in [5.74, 6) is -0.539. The highest BCUT2D eigenvalue weighted by Crippen LogP contribution is 2.22. The van der Waals surface area contributed by atoms with Crippen molar-refractivity contribution in [1.29, 1.82) is 0 Å². The Morgan fingerprint density at radius 2 is 2.18 bits per heavy atom. The van der Waals surface area contributed by atoms with E-state index in [0.29, 0.717) is 15.5 Å². The van der Waals surface area contributed by atoms with Gasteiger partial charge in [-0.3, -0.25) is 4.79 Å². The first-order chi connectivity index (χ1) is 8.06. The topological polar surface area (TPSA) is 17.1 Å². The summed E-state index contributed by atoms with van der Waals surface area (Å²) in [6.07, 6.45) is 0.0515. The Morgan fingerprint density at radius 1 is 1.41 bits per heavy atom. The molecule has 2 aromatic rings. The molecule has 0 radical (unpaired) electrons. The maximum absolute atomic E-state index is 13.5. The van der Waals surface area contributed by atoms with E-state index in [9.17, 15) is 9.18 Å². The van der Waals surface area contributed by atoms with Crippen molar-refractivity contribution in [2.45, 2.75) is 6.42 Å². The second-order valence-corrected chi connectivity index (χ2v) is 5.73. The van der Waals surface area contributed by atoms with Crippen molar-refractivity contribution in [3.63, 3.8) is 0 Å². The SMILES string of the molecule is O=C(Cc1ccc(Cl)cc1F)c1cc(Br)cs1. The Labute approximate surface area is 115 Å². The number of halogens is 3. The monoisotopic (exact) mass is 332 g/mol. The molecule has 0 aliphatic rings. The van der Waals surface area contributed by atoms with Crippen LogP contribution in [0.1, 0.15) is 15.2 Å². The van der Waals surface area contributed by atoms with Gasteiger partial charge in [0.2, 0.25) is 0 Å². The zero-order valence-electron chi connectivity index (χ0n) is 8.54. The van der Waals surface area contributed by atoms with Crippen molar-refractivity contribution >= 4 is 44.7 Å². The fourth-order valence-electron chi connectivity index (χ4n) is 1.38. The standard InChI is InChI=1S/C12H7BrClFOS/c13-8-4-12(17-6-8)11(16)3-7-1-2-9(14)5-10(7)15/h1-2,4-6H,3H2. The van der Waals surface area contributed by atoms with Gasteiger partial charge in [-0.15, -0.1) is 11.3 Å². The van der Waals surface area contributed by atoms with E-state index in [4.69, 9.17) is 11.6 Å². The lowest BCUT2D eigenvalue weighted by Crippen LogP contribution is -2.03. The van der Waals surface area contributed by atoms with Crippen LogP contribution >= 0.6 is 38.9 Å². The van der Waals surface area contributed by atoms with Crippen LogP contribution in [-0.4, -0.2) is 5.78 Å². The van der Waals surface area contributed by atoms with E-state index >= 15 is 0 Å². The minimum atomic E-state index is -0.443. The largest absolute Gasteiger partial charge is 0.293 e. The molecule has 0 saturated heterocycles. The Balaban J connectivity index is 2.18. The molecule has 0 aliphatic heterocycles. The van der Waals surface area contributed by atoms with Crippen LogP contribution < -0.4 is 0 Å². The number of ketones is 1. The van der Waals surface area contributed by atoms with Crippen LogP contribution in [0.15, 0.2) is 34.1 Å². The predicted octanol–water partition coefficient (Wildman–Crippen LogP) is 4.73. The third kappa shape index (κ3) is 3.15. The quantitative estimate of drug-likeness (QED) is 0.742. The second kappa shape index (κ2) is 5.29. The van der Waals surface area contributed by atoms with E-state index in [1.165, 1.54) is 23.5 Å². The molecule has 0 N–H and O–H groups in total. The lowest BCUT2D eigenvalue weighted by molar-refractivity contribution is 0.0995. The highest BCUT2D eigenvalue weighted by atomic mass is 79.9. The van der Waals surface area contributed by atoms with Crippen molar-refractivity contribution < 1.29 is 9.18 Å². The minimum Gasteiger partial charge on any atom is -0.293 e. The summed E-state index contributed by atoms with van der Waals surface area (Å²) in [5, 5.41) is 2.16. The van der Waals surface area contributed by atoms with Gasteiger partial charge in [0.15, 0.2) is 5.78 Å². The summed E-state index contributed by atoms with van der Waals surface area (Å²) in [7, 11) is 0. The van der Waals surface area contributed by atoms with Gasteiger partial charge in [0.25, 0.3) is 0 Å². The first-order valence-electron chi connectivity index (χ1n) is 4.77. The fraction of sp³-hybridized carbons (Fsp3) is 0.0833. The van der Waals surface area contributed by atoms with E-state index in [1.54, 1.807) is 12.1 Å². The molecule has 1 aromatic heterocycles. The number of rotatable bonds is 3. The van der Waals surface area contributed by atoms with Gasteiger partial charge < -0.3 is 0 Å². The van der Waals surface area contributed by atoms with Gasteiger partial charge in [0, 0.05) is 21.3 Å². The van der Waals surface area contributed by atoms with E-state index < -0.39 is 5.82 Å². The van der Waals surface area contributed by atoms with Crippen LogP contribution in [0, 0.1) is 5.82 Å². The van der Waals surface area contributed by atoms with Crippen LogP contribution in [-0.2, 0) is 6.42 Å². The zero-order chi connectivity index (χ0) is 12.4. The molecule has 17 heavy (non-hydrogen) atoms. The van der Waals surface area contributed by atoms with E-state index in [-0.39, 0.29) is 12.2 Å². The molecule has 88 valence electrons. The Morgan fingerprint density at radius 3 is 2.76 bits per heavy atom. The lowest BCUT2D eigenvalue weighted by Gasteiger charge is -2.01. The molecule has 2 rings (SSSR count). The van der Waals surface area contributed by atoms with Crippen LogP contribution in [0.5, 0.6) is 0 Å². The summed E-state index contributed by atoms with van der Waals surface area (Å²) in [4.78, 5) is 12.5. The normalized spacial score (nSPS) is 10.5. The molecular formula is C12H7BrClFOS. The molecule has 0 amide bonds. The number of carbonyl (C=O) groups excluding carboxylic acids is 1. The van der Waals surface area contributed by atoms with Crippen LogP contribution in [0.25, 0.3) is 0 Å².